The van der Waals surface area contributed by atoms with Crippen molar-refractivity contribution in [3.05, 3.63) is 41.6 Å². The predicted octanol–water partition coefficient (Wildman–Crippen LogP) is 2.23. The second kappa shape index (κ2) is 10.7. The number of rotatable bonds is 4. The highest BCUT2D eigenvalue weighted by atomic mass is 19.4. The summed E-state index contributed by atoms with van der Waals surface area (Å²) in [7, 11) is 0. The van der Waals surface area contributed by atoms with E-state index in [1.165, 1.54) is 17.3 Å². The molecule has 2 aliphatic heterocycles. The molecule has 14 heteroatoms. The average Bonchev–Trinajstić information content (AvgIpc) is 3.47. The third-order valence-electron chi connectivity index (χ3n) is 5.47. The van der Waals surface area contributed by atoms with Crippen LogP contribution in [0.1, 0.15) is 47.1 Å². The number of hydrogen-bond donors (Lipinski definition) is 2. The molecule has 2 fully saturated rings. The lowest BCUT2D eigenvalue weighted by atomic mass is 9.95. The Kier molecular flexibility index (Phi) is 7.94. The number of alkyl halides is 3. The Morgan fingerprint density at radius 1 is 1.20 bits per heavy atom. The van der Waals surface area contributed by atoms with E-state index in [1.54, 1.807) is 6.26 Å². The summed E-state index contributed by atoms with van der Waals surface area (Å²) >= 11 is 0. The first-order chi connectivity index (χ1) is 16.5. The minimum absolute atomic E-state index is 0.0111. The summed E-state index contributed by atoms with van der Waals surface area (Å²) in [5, 5.41) is 8.61. The molecular formula is C21H24F3N5O6. The van der Waals surface area contributed by atoms with Gasteiger partial charge in [0.15, 0.2) is 0 Å². The van der Waals surface area contributed by atoms with Gasteiger partial charge in [-0.05, 0) is 37.5 Å². The zero-order valence-corrected chi connectivity index (χ0v) is 18.7. The van der Waals surface area contributed by atoms with Crippen molar-refractivity contribution >= 4 is 23.7 Å². The minimum atomic E-state index is -5.08. The van der Waals surface area contributed by atoms with E-state index >= 15 is 0 Å². The molecule has 3 N–H and O–H groups in total. The maximum absolute atomic E-state index is 13.0. The van der Waals surface area contributed by atoms with Gasteiger partial charge in [0.25, 0.3) is 5.91 Å². The molecule has 0 aliphatic carbocycles. The lowest BCUT2D eigenvalue weighted by Gasteiger charge is -2.33. The van der Waals surface area contributed by atoms with E-state index in [-0.39, 0.29) is 23.6 Å². The van der Waals surface area contributed by atoms with Gasteiger partial charge >= 0.3 is 12.1 Å². The van der Waals surface area contributed by atoms with Crippen LogP contribution in [0.25, 0.3) is 0 Å². The summed E-state index contributed by atoms with van der Waals surface area (Å²) in [4.78, 5) is 49.3. The molecule has 2 saturated heterocycles. The molecule has 2 aromatic heterocycles. The molecular weight excluding hydrogens is 475 g/mol. The summed E-state index contributed by atoms with van der Waals surface area (Å²) in [5.74, 6) is -2.26. The van der Waals surface area contributed by atoms with Gasteiger partial charge in [-0.3, -0.25) is 14.4 Å². The van der Waals surface area contributed by atoms with E-state index in [2.05, 4.69) is 9.97 Å². The summed E-state index contributed by atoms with van der Waals surface area (Å²) in [5.41, 5.74) is 6.50. The van der Waals surface area contributed by atoms with Gasteiger partial charge in [-0.15, -0.1) is 0 Å². The molecule has 0 spiro atoms. The molecule has 190 valence electrons. The number of nitrogens with two attached hydrogens (primary N) is 1. The van der Waals surface area contributed by atoms with Crippen molar-refractivity contribution in [3.63, 3.8) is 0 Å². The highest BCUT2D eigenvalue weighted by molar-refractivity contribution is 5.90. The van der Waals surface area contributed by atoms with E-state index in [0.29, 0.717) is 38.5 Å². The van der Waals surface area contributed by atoms with Gasteiger partial charge < -0.3 is 20.2 Å². The minimum Gasteiger partial charge on any atom is -0.475 e. The Morgan fingerprint density at radius 2 is 1.86 bits per heavy atom. The number of carbonyl (C=O) groups is 3. The molecule has 1 atom stereocenters. The average molecular weight is 499 g/mol. The van der Waals surface area contributed by atoms with Crippen LogP contribution in [0.15, 0.2) is 29.0 Å². The standard InChI is InChI=1S/C19H23N5O4.C2HF3O2/c1-12-10-16(27-11-12)15-5-9-28-24(15)18(26)13-3-7-23(8-4-13)19-21-6-2-14(22-19)17(20)25;3-2(4,5)1(6)7/h2,6,10-11,13,15H,3-5,7-9H2,1H3,(H2,20,25);(H,6,7)/t15-;/m0./s1. The Morgan fingerprint density at radius 3 is 2.40 bits per heavy atom. The van der Waals surface area contributed by atoms with Crippen molar-refractivity contribution in [2.24, 2.45) is 11.7 Å². The lowest BCUT2D eigenvalue weighted by Crippen LogP contribution is -2.42. The fraction of sp³-hybridized carbons (Fsp3) is 0.476. The first-order valence-electron chi connectivity index (χ1n) is 10.7. The molecule has 0 saturated carbocycles. The molecule has 2 aromatic rings. The number of aliphatic carboxylic acids is 1. The molecule has 0 radical (unpaired) electrons. The maximum atomic E-state index is 13.0. The Hall–Kier alpha value is -3.68. The van der Waals surface area contributed by atoms with Crippen molar-refractivity contribution in [2.75, 3.05) is 24.6 Å². The highest BCUT2D eigenvalue weighted by Gasteiger charge is 2.39. The number of aryl methyl sites for hydroxylation is 1. The van der Waals surface area contributed by atoms with Crippen molar-refractivity contribution in [1.82, 2.24) is 15.0 Å². The first kappa shape index (κ1) is 25.9. The molecule has 2 amide bonds. The zero-order valence-electron chi connectivity index (χ0n) is 18.7. The number of anilines is 1. The normalized spacial score (nSPS) is 18.7. The zero-order chi connectivity index (χ0) is 25.8. The van der Waals surface area contributed by atoms with Crippen molar-refractivity contribution in [3.8, 4) is 0 Å². The van der Waals surface area contributed by atoms with Crippen LogP contribution in [0.3, 0.4) is 0 Å². The number of amides is 2. The molecule has 35 heavy (non-hydrogen) atoms. The van der Waals surface area contributed by atoms with E-state index in [0.717, 1.165) is 17.7 Å². The Labute approximate surface area is 197 Å². The van der Waals surface area contributed by atoms with Crippen LogP contribution in [0, 0.1) is 12.8 Å². The number of nitrogens with zero attached hydrogens (tertiary/aromatic N) is 4. The summed E-state index contributed by atoms with van der Waals surface area (Å²) < 4.78 is 37.3. The molecule has 4 heterocycles. The summed E-state index contributed by atoms with van der Waals surface area (Å²) in [6.45, 7) is 3.71. The van der Waals surface area contributed by atoms with Crippen LogP contribution in [0.5, 0.6) is 0 Å². The van der Waals surface area contributed by atoms with Crippen LogP contribution in [0.4, 0.5) is 19.1 Å². The van der Waals surface area contributed by atoms with Crippen molar-refractivity contribution < 1.29 is 41.9 Å². The highest BCUT2D eigenvalue weighted by Crippen LogP contribution is 2.34. The number of carboxylic acid groups (broad SMARTS) is 1. The molecule has 2 aliphatic rings. The molecule has 11 nitrogen and oxygen atoms in total. The summed E-state index contributed by atoms with van der Waals surface area (Å²) in [6.07, 6.45) is 0.174. The second-order valence-corrected chi connectivity index (χ2v) is 8.00. The van der Waals surface area contributed by atoms with Gasteiger partial charge in [-0.1, -0.05) is 0 Å². The summed E-state index contributed by atoms with van der Waals surface area (Å²) in [6, 6.07) is 3.27. The van der Waals surface area contributed by atoms with Crippen LogP contribution >= 0.6 is 0 Å². The fourth-order valence-corrected chi connectivity index (χ4v) is 3.72. The van der Waals surface area contributed by atoms with Crippen LogP contribution < -0.4 is 10.6 Å². The van der Waals surface area contributed by atoms with Crippen molar-refractivity contribution in [2.45, 2.75) is 38.4 Å². The number of hydroxylamine groups is 2. The molecule has 4 rings (SSSR count). The molecule has 0 bridgehead atoms. The Bertz CT molecular complexity index is 1070. The second-order valence-electron chi connectivity index (χ2n) is 8.00. The first-order valence-corrected chi connectivity index (χ1v) is 10.7. The van der Waals surface area contributed by atoms with Gasteiger partial charge in [0, 0.05) is 31.6 Å². The number of piperidine rings is 1. The van der Waals surface area contributed by atoms with Crippen LogP contribution in [-0.2, 0) is 14.4 Å². The monoisotopic (exact) mass is 499 g/mol. The number of hydrogen-bond acceptors (Lipinski definition) is 8. The molecule has 0 aromatic carbocycles. The number of aromatic nitrogens is 2. The van der Waals surface area contributed by atoms with E-state index < -0.39 is 18.1 Å². The third-order valence-corrected chi connectivity index (χ3v) is 5.47. The smallest absolute Gasteiger partial charge is 0.475 e. The van der Waals surface area contributed by atoms with Gasteiger partial charge in [0.05, 0.1) is 12.9 Å². The number of halogens is 3. The van der Waals surface area contributed by atoms with Crippen LogP contribution in [0.2, 0.25) is 0 Å². The fourth-order valence-electron chi connectivity index (χ4n) is 3.72. The largest absolute Gasteiger partial charge is 0.490 e. The van der Waals surface area contributed by atoms with Gasteiger partial charge in [-0.25, -0.2) is 19.8 Å². The van der Waals surface area contributed by atoms with Gasteiger partial charge in [0.2, 0.25) is 11.9 Å². The van der Waals surface area contributed by atoms with E-state index in [9.17, 15) is 22.8 Å². The quantitative estimate of drug-likeness (QED) is 0.645. The third kappa shape index (κ3) is 6.47. The lowest BCUT2D eigenvalue weighted by molar-refractivity contribution is -0.192. The number of furan rings is 1. The Balaban J connectivity index is 0.000000429. The van der Waals surface area contributed by atoms with Gasteiger partial charge in [0.1, 0.15) is 17.5 Å². The topological polar surface area (TPSA) is 152 Å². The van der Waals surface area contributed by atoms with Crippen molar-refractivity contribution in [1.29, 1.82) is 0 Å². The molecule has 0 unspecified atom stereocenters. The van der Waals surface area contributed by atoms with Crippen LogP contribution in [-0.4, -0.2) is 63.8 Å². The maximum Gasteiger partial charge on any atom is 0.490 e. The number of carbonyl (C=O) groups excluding carboxylic acids is 2. The number of carboxylic acids is 1. The SMILES string of the molecule is Cc1coc([C@@H]2CCON2C(=O)C2CCN(c3nccc(C(N)=O)n3)CC2)c1.O=C(O)C(F)(F)F. The van der Waals surface area contributed by atoms with E-state index in [1.807, 2.05) is 17.9 Å². The van der Waals surface area contributed by atoms with E-state index in [4.69, 9.17) is 24.9 Å². The number of primary amides is 1. The van der Waals surface area contributed by atoms with Gasteiger partial charge in [-0.2, -0.15) is 13.2 Å². The predicted molar refractivity (Wildman–Crippen MR) is 113 cm³/mol.